The van der Waals surface area contributed by atoms with Gasteiger partial charge >= 0.3 is 0 Å². The Morgan fingerprint density at radius 2 is 2.00 bits per heavy atom. The highest BCUT2D eigenvalue weighted by atomic mass is 32.2. The Kier molecular flexibility index (Phi) is 2.39. The van der Waals surface area contributed by atoms with Crippen LogP contribution in [-0.4, -0.2) is 20.2 Å². The maximum Gasteiger partial charge on any atom is 0.183 e. The molecule has 0 fully saturated rings. The van der Waals surface area contributed by atoms with Gasteiger partial charge in [0.25, 0.3) is 0 Å². The molecular weight excluding hydrogens is 224 g/mol. The van der Waals surface area contributed by atoms with Crippen LogP contribution in [0, 0.1) is 25.2 Å². The molecule has 1 aliphatic rings. The van der Waals surface area contributed by atoms with Crippen LogP contribution in [-0.2, 0) is 9.84 Å². The number of benzene rings is 1. The molecule has 1 aliphatic heterocycles. The van der Waals surface area contributed by atoms with Gasteiger partial charge in [-0.3, -0.25) is 0 Å². The van der Waals surface area contributed by atoms with Crippen molar-refractivity contribution >= 4 is 15.5 Å². The van der Waals surface area contributed by atoms with Crippen molar-refractivity contribution in [3.63, 3.8) is 0 Å². The smallest absolute Gasteiger partial charge is 0.183 e. The summed E-state index contributed by atoms with van der Waals surface area (Å²) in [7, 11) is -3.33. The molecule has 1 aromatic carbocycles. The second kappa shape index (κ2) is 3.49. The summed E-state index contributed by atoms with van der Waals surface area (Å²) >= 11 is 0. The van der Waals surface area contributed by atoms with Gasteiger partial charge in [-0.05, 0) is 37.1 Å². The third-order valence-corrected chi connectivity index (χ3v) is 4.58. The Balaban J connectivity index is 2.66. The summed E-state index contributed by atoms with van der Waals surface area (Å²) in [6.45, 7) is 3.79. The zero-order chi connectivity index (χ0) is 11.9. The first-order valence-corrected chi connectivity index (χ1v) is 6.59. The van der Waals surface area contributed by atoms with E-state index >= 15 is 0 Å². The molecule has 0 aromatic heterocycles. The van der Waals surface area contributed by atoms with E-state index in [1.165, 1.54) is 0 Å². The maximum absolute atomic E-state index is 11.9. The monoisotopic (exact) mass is 236 g/mol. The summed E-state index contributed by atoms with van der Waals surface area (Å²) in [5.41, 5.74) is 2.50. The molecule has 1 aromatic rings. The van der Waals surface area contributed by atoms with Crippen molar-refractivity contribution in [3.05, 3.63) is 23.3 Å². The predicted octanol–water partition coefficient (Wildman–Crippen LogP) is 1.39. The van der Waals surface area contributed by atoms with Crippen LogP contribution in [0.3, 0.4) is 0 Å². The van der Waals surface area contributed by atoms with Gasteiger partial charge in [0.05, 0.1) is 22.4 Å². The molecule has 2 rings (SSSR count). The normalized spacial score (nSPS) is 21.7. The average Bonchev–Trinajstić information content (AvgIpc) is 2.20. The highest BCUT2D eigenvalue weighted by Gasteiger charge is 2.30. The van der Waals surface area contributed by atoms with Crippen molar-refractivity contribution < 1.29 is 8.42 Å². The zero-order valence-corrected chi connectivity index (χ0v) is 9.93. The molecular formula is C11H12N2O2S. The molecule has 1 heterocycles. The number of hydrogen-bond acceptors (Lipinski definition) is 4. The highest BCUT2D eigenvalue weighted by Crippen LogP contribution is 2.30. The van der Waals surface area contributed by atoms with Crippen LogP contribution >= 0.6 is 0 Å². The average molecular weight is 236 g/mol. The molecule has 0 amide bonds. The topological polar surface area (TPSA) is 70.0 Å². The number of aryl methyl sites for hydroxylation is 2. The van der Waals surface area contributed by atoms with E-state index < -0.39 is 15.9 Å². The molecule has 5 heteroatoms. The number of nitrogens with one attached hydrogen (secondary N) is 1. The Morgan fingerprint density at radius 1 is 1.38 bits per heavy atom. The summed E-state index contributed by atoms with van der Waals surface area (Å²) in [4.78, 5) is 0.308. The number of nitriles is 1. The van der Waals surface area contributed by atoms with Crippen molar-refractivity contribution in [1.82, 2.24) is 0 Å². The quantitative estimate of drug-likeness (QED) is 0.739. The maximum atomic E-state index is 11.9. The van der Waals surface area contributed by atoms with Crippen LogP contribution in [0.5, 0.6) is 0 Å². The number of rotatable bonds is 0. The van der Waals surface area contributed by atoms with E-state index in [4.69, 9.17) is 5.26 Å². The van der Waals surface area contributed by atoms with Crippen molar-refractivity contribution in [1.29, 1.82) is 5.26 Å². The van der Waals surface area contributed by atoms with Gasteiger partial charge in [-0.1, -0.05) is 0 Å². The predicted molar refractivity (Wildman–Crippen MR) is 61.0 cm³/mol. The van der Waals surface area contributed by atoms with Gasteiger partial charge in [0.2, 0.25) is 0 Å². The molecule has 0 spiro atoms. The fourth-order valence-electron chi connectivity index (χ4n) is 1.77. The molecule has 0 radical (unpaired) electrons. The van der Waals surface area contributed by atoms with Crippen LogP contribution in [0.15, 0.2) is 17.0 Å². The molecule has 0 saturated heterocycles. The molecule has 1 N–H and O–H groups in total. The van der Waals surface area contributed by atoms with E-state index in [9.17, 15) is 8.42 Å². The van der Waals surface area contributed by atoms with Crippen molar-refractivity contribution in [3.8, 4) is 6.07 Å². The largest absolute Gasteiger partial charge is 0.368 e. The molecule has 84 valence electrons. The summed E-state index contributed by atoms with van der Waals surface area (Å²) in [5.74, 6) is -0.154. The van der Waals surface area contributed by atoms with E-state index in [2.05, 4.69) is 5.32 Å². The highest BCUT2D eigenvalue weighted by molar-refractivity contribution is 7.91. The summed E-state index contributed by atoms with van der Waals surface area (Å²) in [5, 5.41) is 11.7. The Morgan fingerprint density at radius 3 is 2.62 bits per heavy atom. The number of hydrogen-bond donors (Lipinski definition) is 1. The van der Waals surface area contributed by atoms with Crippen molar-refractivity contribution in [2.45, 2.75) is 24.8 Å². The summed E-state index contributed by atoms with van der Waals surface area (Å²) < 4.78 is 23.8. The fourth-order valence-corrected chi connectivity index (χ4v) is 3.35. The van der Waals surface area contributed by atoms with Gasteiger partial charge < -0.3 is 5.32 Å². The number of sulfone groups is 1. The lowest BCUT2D eigenvalue weighted by Crippen LogP contribution is -2.33. The minimum atomic E-state index is -3.33. The SMILES string of the molecule is Cc1cc2c(cc1C)S(=O)(=O)CC(C#N)N2. The minimum Gasteiger partial charge on any atom is -0.368 e. The third kappa shape index (κ3) is 1.65. The molecule has 1 unspecified atom stereocenters. The molecule has 0 bridgehead atoms. The van der Waals surface area contributed by atoms with E-state index in [1.54, 1.807) is 12.1 Å². The zero-order valence-electron chi connectivity index (χ0n) is 9.11. The van der Waals surface area contributed by atoms with Crippen molar-refractivity contribution in [2.24, 2.45) is 0 Å². The second-order valence-electron chi connectivity index (χ2n) is 4.04. The first-order chi connectivity index (χ1) is 7.44. The van der Waals surface area contributed by atoms with Crippen LogP contribution < -0.4 is 5.32 Å². The third-order valence-electron chi connectivity index (χ3n) is 2.80. The molecule has 4 nitrogen and oxygen atoms in total. The fraction of sp³-hybridized carbons (Fsp3) is 0.364. The molecule has 0 aliphatic carbocycles. The van der Waals surface area contributed by atoms with Gasteiger partial charge in [-0.15, -0.1) is 0 Å². The standard InChI is InChI=1S/C11H12N2O2S/c1-7-3-10-11(4-8(7)2)16(14,15)6-9(5-12)13-10/h3-4,9,13H,6H2,1-2H3. The Bertz CT molecular complexity index is 585. The lowest BCUT2D eigenvalue weighted by molar-refractivity contribution is 0.591. The van der Waals surface area contributed by atoms with Crippen LogP contribution in [0.4, 0.5) is 5.69 Å². The molecule has 1 atom stereocenters. The first kappa shape index (κ1) is 11.0. The van der Waals surface area contributed by atoms with E-state index in [0.29, 0.717) is 10.6 Å². The lowest BCUT2D eigenvalue weighted by atomic mass is 10.1. The van der Waals surface area contributed by atoms with Crippen LogP contribution in [0.1, 0.15) is 11.1 Å². The van der Waals surface area contributed by atoms with Gasteiger partial charge in [0.1, 0.15) is 6.04 Å². The van der Waals surface area contributed by atoms with Gasteiger partial charge in [0, 0.05) is 0 Å². The lowest BCUT2D eigenvalue weighted by Gasteiger charge is -2.23. The number of nitrogens with zero attached hydrogens (tertiary/aromatic N) is 1. The van der Waals surface area contributed by atoms with Crippen molar-refractivity contribution in [2.75, 3.05) is 11.1 Å². The molecule has 16 heavy (non-hydrogen) atoms. The Hall–Kier alpha value is -1.54. The van der Waals surface area contributed by atoms with E-state index in [1.807, 2.05) is 19.9 Å². The summed E-state index contributed by atoms with van der Waals surface area (Å²) in [6, 6.07) is 4.74. The summed E-state index contributed by atoms with van der Waals surface area (Å²) in [6.07, 6.45) is 0. The second-order valence-corrected chi connectivity index (χ2v) is 6.04. The first-order valence-electron chi connectivity index (χ1n) is 4.94. The van der Waals surface area contributed by atoms with Gasteiger partial charge in [-0.25, -0.2) is 8.42 Å². The Labute approximate surface area is 94.8 Å². The van der Waals surface area contributed by atoms with Crippen LogP contribution in [0.2, 0.25) is 0 Å². The van der Waals surface area contributed by atoms with E-state index in [-0.39, 0.29) is 5.75 Å². The number of fused-ring (bicyclic) bond motifs is 1. The van der Waals surface area contributed by atoms with Crippen LogP contribution in [0.25, 0.3) is 0 Å². The minimum absolute atomic E-state index is 0.154. The number of anilines is 1. The molecule has 0 saturated carbocycles. The van der Waals surface area contributed by atoms with Gasteiger partial charge in [-0.2, -0.15) is 5.26 Å². The van der Waals surface area contributed by atoms with Gasteiger partial charge in [0.15, 0.2) is 9.84 Å². The van der Waals surface area contributed by atoms with E-state index in [0.717, 1.165) is 11.1 Å².